The van der Waals surface area contributed by atoms with Crippen molar-refractivity contribution in [3.05, 3.63) is 371 Å². The van der Waals surface area contributed by atoms with Gasteiger partial charge in [0.15, 0.2) is 11.5 Å². The minimum atomic E-state index is -4.80. The molecule has 6 heterocycles. The maximum absolute atomic E-state index is 14.5. The molecule has 3 aromatic heterocycles. The summed E-state index contributed by atoms with van der Waals surface area (Å²) in [5.74, 6) is -0.698. The minimum Gasteiger partial charge on any atom is -0.483 e. The van der Waals surface area contributed by atoms with E-state index in [1.54, 1.807) is 68.4 Å². The van der Waals surface area contributed by atoms with Gasteiger partial charge in [-0.25, -0.2) is 9.78 Å². The van der Waals surface area contributed by atoms with Gasteiger partial charge in [0.25, 0.3) is 5.56 Å². The standard InChI is InChI=1S/C43H37N3O4.C23H23N3O3.C19H21F3N4O2/c47-39-28-38(45(29-33-16-6-1-7-17-33)31-40(39)50-32-34-18-8-2-9-19-34)30-44-26-27-46(42(49)41(44)48)43(35-20-10-3-11-21-35,36-22-12-4-13-23-36)37-24-14-5-15-25-37;27-21-13-20(15-25-12-11-24-23(25)28)26(14-18-7-3-1-4-8-18)16-22(21)29-17-19-9-5-2-6-10-19;1-2-15(25-9-8-23-11-16(25)27)17-24-10-14(19(20,21)22)18(28)26(17)12-13-6-4-3-5-7-13/h1-25,28,31H,26-27,29-30,32H2;1-10,13,16H,11-12,14-15,17H2,(H,24,28);3-7,10,15,23H,2,8-9,11-12H2,1H3. The number of urea groups is 1. The number of carbonyl (C=O) groups is 4. The second-order valence-electron chi connectivity index (χ2n) is 26.0. The molecule has 8 aromatic carbocycles. The van der Waals surface area contributed by atoms with Gasteiger partial charge in [-0.1, -0.05) is 250 Å². The summed E-state index contributed by atoms with van der Waals surface area (Å²) in [6, 6.07) is 80.1. The lowest BCUT2D eigenvalue weighted by Gasteiger charge is -2.48. The van der Waals surface area contributed by atoms with E-state index >= 15 is 0 Å². The second kappa shape index (κ2) is 34.9. The number of aromatic nitrogens is 4. The molecule has 0 spiro atoms. The summed E-state index contributed by atoms with van der Waals surface area (Å²) in [6.07, 6.45) is -0.330. The Morgan fingerprint density at radius 3 is 1.30 bits per heavy atom. The second-order valence-corrected chi connectivity index (χ2v) is 26.0. The van der Waals surface area contributed by atoms with Crippen LogP contribution in [0.3, 0.4) is 0 Å². The van der Waals surface area contributed by atoms with E-state index in [1.165, 1.54) is 6.07 Å². The Hall–Kier alpha value is -12.4. The molecule has 3 fully saturated rings. The third kappa shape index (κ3) is 18.0. The summed E-state index contributed by atoms with van der Waals surface area (Å²) in [6.45, 7) is 6.82. The van der Waals surface area contributed by atoms with Gasteiger partial charge in [0, 0.05) is 82.1 Å². The Morgan fingerprint density at radius 2 is 0.888 bits per heavy atom. The van der Waals surface area contributed by atoms with E-state index in [-0.39, 0.29) is 73.7 Å². The number of alkyl halides is 3. The third-order valence-electron chi connectivity index (χ3n) is 18.9. The van der Waals surface area contributed by atoms with Crippen molar-refractivity contribution >= 4 is 23.8 Å². The fourth-order valence-electron chi connectivity index (χ4n) is 13.6. The van der Waals surface area contributed by atoms with E-state index in [4.69, 9.17) is 9.47 Å². The smallest absolute Gasteiger partial charge is 0.423 e. The zero-order valence-corrected chi connectivity index (χ0v) is 59.1. The molecular formula is C85H81F3N10O9. The molecule has 11 aromatic rings. The van der Waals surface area contributed by atoms with Crippen LogP contribution in [0.25, 0.3) is 0 Å². The van der Waals surface area contributed by atoms with E-state index in [0.717, 1.165) is 49.2 Å². The van der Waals surface area contributed by atoms with Crippen LogP contribution in [-0.2, 0) is 72.0 Å². The SMILES string of the molecule is CCC(c1ncc(C(F)(F)F)c(=O)n1Cc1ccccc1)N1CCNCC1=O.O=C1C(=O)N(C(c2ccccc2)(c2ccccc2)c2ccccc2)CCN1Cc1cc(=O)c(OCc2ccccc2)cn1Cc1ccccc1.O=C1NCCN1Cc1cc(=O)c(OCc2ccccc2)cn1Cc1ccccc1. The maximum atomic E-state index is 14.5. The molecule has 0 aliphatic carbocycles. The van der Waals surface area contributed by atoms with Gasteiger partial charge in [0.2, 0.25) is 16.8 Å². The van der Waals surface area contributed by atoms with Crippen molar-refractivity contribution in [1.82, 2.24) is 48.9 Å². The van der Waals surface area contributed by atoms with Crippen molar-refractivity contribution in [2.24, 2.45) is 0 Å². The van der Waals surface area contributed by atoms with E-state index in [2.05, 4.69) is 15.6 Å². The molecule has 14 rings (SSSR count). The fourth-order valence-corrected chi connectivity index (χ4v) is 13.6. The largest absolute Gasteiger partial charge is 0.483 e. The summed E-state index contributed by atoms with van der Waals surface area (Å²) in [7, 11) is 0. The fraction of sp³-hybridized carbons (Fsp3) is 0.224. The quantitative estimate of drug-likeness (QED) is 0.0456. The molecule has 19 nitrogen and oxygen atoms in total. The maximum Gasteiger partial charge on any atom is 0.423 e. The molecule has 0 radical (unpaired) electrons. The van der Waals surface area contributed by atoms with Crippen molar-refractivity contribution in [2.45, 2.75) is 77.0 Å². The summed E-state index contributed by atoms with van der Waals surface area (Å²) in [4.78, 5) is 102. The third-order valence-corrected chi connectivity index (χ3v) is 18.9. The van der Waals surface area contributed by atoms with Crippen molar-refractivity contribution < 1.29 is 41.8 Å². The number of pyridine rings is 2. The molecule has 3 aliphatic rings. The predicted molar refractivity (Wildman–Crippen MR) is 401 cm³/mol. The number of piperazine rings is 2. The topological polar surface area (TPSA) is 203 Å². The van der Waals surface area contributed by atoms with Crippen LogP contribution in [0.15, 0.2) is 288 Å². The van der Waals surface area contributed by atoms with Crippen LogP contribution < -0.4 is 36.5 Å². The molecule has 3 aliphatic heterocycles. The highest BCUT2D eigenvalue weighted by atomic mass is 19.4. The van der Waals surface area contributed by atoms with Crippen LogP contribution in [0.5, 0.6) is 11.5 Å². The lowest BCUT2D eigenvalue weighted by atomic mass is 9.75. The van der Waals surface area contributed by atoms with Crippen LogP contribution in [-0.4, -0.2) is 108 Å². The first kappa shape index (κ1) is 74.3. The average molecular weight is 1440 g/mol. The zero-order chi connectivity index (χ0) is 74.7. The van der Waals surface area contributed by atoms with Crippen molar-refractivity contribution in [1.29, 1.82) is 0 Å². The van der Waals surface area contributed by atoms with E-state index in [0.29, 0.717) is 82.0 Å². The Labute approximate surface area is 617 Å². The summed E-state index contributed by atoms with van der Waals surface area (Å²) in [5, 5.41) is 5.76. The zero-order valence-electron chi connectivity index (χ0n) is 59.1. The molecule has 1 unspecified atom stereocenters. The Morgan fingerprint density at radius 1 is 0.467 bits per heavy atom. The van der Waals surface area contributed by atoms with Gasteiger partial charge in [0.05, 0.1) is 44.6 Å². The molecule has 2 N–H and O–H groups in total. The number of nitrogens with one attached hydrogen (secondary N) is 2. The van der Waals surface area contributed by atoms with Gasteiger partial charge in [-0.3, -0.25) is 33.3 Å². The molecule has 3 saturated heterocycles. The highest BCUT2D eigenvalue weighted by molar-refractivity contribution is 6.35. The molecule has 0 saturated carbocycles. The van der Waals surface area contributed by atoms with E-state index in [9.17, 15) is 46.7 Å². The molecule has 22 heteroatoms. The van der Waals surface area contributed by atoms with Gasteiger partial charge in [-0.2, -0.15) is 13.2 Å². The Kier molecular flexibility index (Phi) is 24.2. The predicted octanol–water partition coefficient (Wildman–Crippen LogP) is 11.8. The van der Waals surface area contributed by atoms with Crippen LogP contribution >= 0.6 is 0 Å². The number of hydrogen-bond acceptors (Lipinski definition) is 11. The number of ether oxygens (including phenoxy) is 2. The average Bonchev–Trinajstić information content (AvgIpc) is 1.50. The van der Waals surface area contributed by atoms with Crippen molar-refractivity contribution in [3.63, 3.8) is 0 Å². The minimum absolute atomic E-state index is 0.0529. The molecule has 546 valence electrons. The molecule has 0 bridgehead atoms. The van der Waals surface area contributed by atoms with E-state index in [1.807, 2.05) is 228 Å². The molecule has 1 atom stereocenters. The van der Waals surface area contributed by atoms with Crippen LogP contribution in [0, 0.1) is 0 Å². The lowest BCUT2D eigenvalue weighted by molar-refractivity contribution is -0.159. The number of carbonyl (C=O) groups excluding carboxylic acids is 4. The Bertz CT molecular complexity index is 4910. The van der Waals surface area contributed by atoms with Crippen molar-refractivity contribution in [2.75, 3.05) is 45.8 Å². The molecular weight excluding hydrogens is 1360 g/mol. The van der Waals surface area contributed by atoms with E-state index < -0.39 is 40.7 Å². The highest BCUT2D eigenvalue weighted by Gasteiger charge is 2.49. The summed E-state index contributed by atoms with van der Waals surface area (Å²) < 4.78 is 56.6. The monoisotopic (exact) mass is 1440 g/mol. The number of amides is 5. The molecule has 5 amide bonds. The number of hydrogen-bond donors (Lipinski definition) is 2. The van der Waals surface area contributed by atoms with Crippen LogP contribution in [0.1, 0.15) is 86.7 Å². The number of halogens is 3. The van der Waals surface area contributed by atoms with Crippen molar-refractivity contribution in [3.8, 4) is 11.5 Å². The molecule has 107 heavy (non-hydrogen) atoms. The normalized spacial score (nSPS) is 14.1. The first-order valence-corrected chi connectivity index (χ1v) is 35.4. The number of benzene rings is 8. The van der Waals surface area contributed by atoms with Gasteiger partial charge in [-0.15, -0.1) is 0 Å². The first-order valence-electron chi connectivity index (χ1n) is 35.4. The van der Waals surface area contributed by atoms with Gasteiger partial charge >= 0.3 is 24.0 Å². The lowest BCUT2D eigenvalue weighted by Crippen LogP contribution is -2.61. The van der Waals surface area contributed by atoms with Gasteiger partial charge < -0.3 is 48.8 Å². The van der Waals surface area contributed by atoms with Gasteiger partial charge in [0.1, 0.15) is 30.1 Å². The van der Waals surface area contributed by atoms with Crippen LogP contribution in [0.2, 0.25) is 0 Å². The first-order chi connectivity index (χ1) is 52.0. The number of nitrogens with zero attached hydrogens (tertiary/aromatic N) is 8. The van der Waals surface area contributed by atoms with Crippen LogP contribution in [0.4, 0.5) is 18.0 Å². The Balaban J connectivity index is 0.000000161. The summed E-state index contributed by atoms with van der Waals surface area (Å²) >= 11 is 0. The number of rotatable bonds is 23. The van der Waals surface area contributed by atoms with Gasteiger partial charge in [-0.05, 0) is 50.9 Å². The summed E-state index contributed by atoms with van der Waals surface area (Å²) in [5.41, 5.74) is 4.83. The highest BCUT2D eigenvalue weighted by Crippen LogP contribution is 2.43.